The van der Waals surface area contributed by atoms with E-state index in [2.05, 4.69) is 4.90 Å². The average Bonchev–Trinajstić information content (AvgIpc) is 3.23. The first-order valence-electron chi connectivity index (χ1n) is 12.5. The molecule has 1 fully saturated rings. The van der Waals surface area contributed by atoms with Crippen LogP contribution in [0.15, 0.2) is 24.0 Å². The van der Waals surface area contributed by atoms with E-state index in [-0.39, 0.29) is 24.8 Å². The Labute approximate surface area is 222 Å². The molecular weight excluding hydrogens is 518 g/mol. The van der Waals surface area contributed by atoms with Crippen molar-refractivity contribution in [3.8, 4) is 5.75 Å². The van der Waals surface area contributed by atoms with Gasteiger partial charge in [-0.25, -0.2) is 9.59 Å². The Morgan fingerprint density at radius 1 is 1.15 bits per heavy atom. The minimum atomic E-state index is -2.09. The van der Waals surface area contributed by atoms with Crippen LogP contribution < -0.4 is 4.74 Å². The zero-order chi connectivity index (χ0) is 28.3. The Balaban J connectivity index is 1.40. The number of ether oxygens (including phenoxy) is 3. The maximum atomic E-state index is 12.9. The highest BCUT2D eigenvalue weighted by atomic mass is 16.6. The molecule has 2 bridgehead atoms. The second-order valence-corrected chi connectivity index (χ2v) is 10.5. The quantitative estimate of drug-likeness (QED) is 0.241. The number of rotatable bonds is 9. The van der Waals surface area contributed by atoms with E-state index in [1.54, 1.807) is 12.1 Å². The van der Waals surface area contributed by atoms with Gasteiger partial charge in [-0.15, -0.1) is 0 Å². The molecule has 1 aromatic rings. The Morgan fingerprint density at radius 2 is 1.90 bits per heavy atom. The maximum Gasteiger partial charge on any atom is 0.345 e. The third kappa shape index (κ3) is 4.07. The van der Waals surface area contributed by atoms with Gasteiger partial charge in [0.05, 0.1) is 30.5 Å². The predicted molar refractivity (Wildman–Crippen MR) is 127 cm³/mol. The number of hydrogen-bond acceptors (Lipinski definition) is 11. The number of likely N-dealkylation sites (N-methyl/N-ethyl adjacent to an activating group) is 1. The molecule has 2 aliphatic heterocycles. The van der Waals surface area contributed by atoms with Gasteiger partial charge >= 0.3 is 23.9 Å². The van der Waals surface area contributed by atoms with E-state index in [4.69, 9.17) is 19.3 Å². The van der Waals surface area contributed by atoms with E-state index in [0.717, 1.165) is 11.1 Å². The van der Waals surface area contributed by atoms with E-state index < -0.39 is 66.0 Å². The number of hydrogen-bond donors (Lipinski definition) is 5. The summed E-state index contributed by atoms with van der Waals surface area (Å²) in [6, 6.07) is 3.45. The van der Waals surface area contributed by atoms with Crippen LogP contribution in [-0.4, -0.2) is 97.9 Å². The zero-order valence-electron chi connectivity index (χ0n) is 21.0. The van der Waals surface area contributed by atoms with Crippen LogP contribution in [0.25, 0.3) is 0 Å². The van der Waals surface area contributed by atoms with E-state index >= 15 is 0 Å². The summed E-state index contributed by atoms with van der Waals surface area (Å²) in [5.74, 6) is -5.19. The van der Waals surface area contributed by atoms with Gasteiger partial charge in [-0.3, -0.25) is 9.59 Å². The number of aliphatic carboxylic acids is 2. The Hall–Kier alpha value is -3.52. The summed E-state index contributed by atoms with van der Waals surface area (Å²) in [6.07, 6.45) is -4.15. The van der Waals surface area contributed by atoms with Gasteiger partial charge in [0.15, 0.2) is 12.2 Å². The monoisotopic (exact) mass is 547 g/mol. The average molecular weight is 548 g/mol. The highest BCUT2D eigenvalue weighted by Crippen LogP contribution is 2.64. The van der Waals surface area contributed by atoms with Crippen molar-refractivity contribution in [1.29, 1.82) is 0 Å². The number of carboxylic acid groups (broad SMARTS) is 2. The number of likely N-dealkylation sites (tertiary alicyclic amines) is 1. The smallest absolute Gasteiger partial charge is 0.345 e. The highest BCUT2D eigenvalue weighted by Gasteiger charge is 2.71. The van der Waals surface area contributed by atoms with Crippen LogP contribution in [0.4, 0.5) is 0 Å². The number of aliphatic hydroxyl groups excluding tert-OH is 2. The second kappa shape index (κ2) is 9.59. The first-order valence-corrected chi connectivity index (χ1v) is 12.5. The lowest BCUT2D eigenvalue weighted by atomic mass is 9.50. The van der Waals surface area contributed by atoms with E-state index in [0.29, 0.717) is 30.7 Å². The van der Waals surface area contributed by atoms with E-state index in [9.17, 15) is 39.6 Å². The molecular formula is C26H29NO12. The van der Waals surface area contributed by atoms with Gasteiger partial charge in [-0.1, -0.05) is 12.1 Å². The lowest BCUT2D eigenvalue weighted by Gasteiger charge is -2.61. The van der Waals surface area contributed by atoms with Crippen molar-refractivity contribution >= 4 is 23.9 Å². The van der Waals surface area contributed by atoms with Crippen molar-refractivity contribution in [2.24, 2.45) is 0 Å². The van der Waals surface area contributed by atoms with Crippen LogP contribution in [0.5, 0.6) is 5.75 Å². The minimum Gasteiger partial charge on any atom is -0.481 e. The number of carbonyl (C=O) groups is 4. The second-order valence-electron chi connectivity index (χ2n) is 10.5. The number of aliphatic hydroxyl groups is 3. The van der Waals surface area contributed by atoms with Crippen molar-refractivity contribution in [2.75, 3.05) is 13.6 Å². The molecule has 13 heteroatoms. The fourth-order valence-electron chi connectivity index (χ4n) is 6.59. The highest BCUT2D eigenvalue weighted by molar-refractivity contribution is 5.85. The molecule has 39 heavy (non-hydrogen) atoms. The molecule has 5 rings (SSSR count). The summed E-state index contributed by atoms with van der Waals surface area (Å²) < 4.78 is 16.6. The Bertz CT molecular complexity index is 1280. The van der Waals surface area contributed by atoms with Gasteiger partial charge in [0, 0.05) is 23.6 Å². The summed E-state index contributed by atoms with van der Waals surface area (Å²) in [5, 5.41) is 49.6. The van der Waals surface area contributed by atoms with Gasteiger partial charge in [-0.2, -0.15) is 0 Å². The van der Waals surface area contributed by atoms with Crippen LogP contribution in [0, 0.1) is 0 Å². The largest absolute Gasteiger partial charge is 0.481 e. The maximum absolute atomic E-state index is 12.9. The van der Waals surface area contributed by atoms with Crippen LogP contribution in [0.3, 0.4) is 0 Å². The third-order valence-corrected chi connectivity index (χ3v) is 8.40. The Morgan fingerprint density at radius 3 is 2.56 bits per heavy atom. The van der Waals surface area contributed by atoms with Crippen molar-refractivity contribution < 1.29 is 58.9 Å². The molecule has 2 aliphatic carbocycles. The number of benzene rings is 1. The van der Waals surface area contributed by atoms with Gasteiger partial charge < -0.3 is 44.6 Å². The topological polar surface area (TPSA) is 200 Å². The summed E-state index contributed by atoms with van der Waals surface area (Å²) in [4.78, 5) is 49.2. The van der Waals surface area contributed by atoms with Gasteiger partial charge in [0.25, 0.3) is 0 Å². The standard InChI is InChI=1S/C26H29NO12/c1-27-7-6-25-20-12-2-3-13(11-28)21(20)39-22(25)15(4-5-26(25,36)17(27)8-12)37-19(31)10-16(24(34)35)38-18(30)9-14(29)23(32)33/h2-4,14,16-17,22,28-29,36H,5-11H2,1H3,(H,32,33)(H,34,35)/t14-,16-,17+,22-,25-,26+/m0/s1. The minimum absolute atomic E-state index is 0.0812. The predicted octanol–water partition coefficient (Wildman–Crippen LogP) is -0.778. The molecule has 0 amide bonds. The fraction of sp³-hybridized carbons (Fsp3) is 0.538. The first kappa shape index (κ1) is 27.1. The van der Waals surface area contributed by atoms with E-state index in [1.165, 1.54) is 0 Å². The first-order chi connectivity index (χ1) is 18.4. The number of nitrogens with zero attached hydrogens (tertiary/aromatic N) is 1. The number of carbonyl (C=O) groups excluding carboxylic acids is 2. The molecule has 0 saturated carbocycles. The van der Waals surface area contributed by atoms with Crippen LogP contribution >= 0.6 is 0 Å². The molecule has 5 N–H and O–H groups in total. The lowest BCUT2D eigenvalue weighted by Crippen LogP contribution is -2.74. The number of esters is 2. The molecule has 0 aromatic heterocycles. The fourth-order valence-corrected chi connectivity index (χ4v) is 6.59. The van der Waals surface area contributed by atoms with Crippen molar-refractivity contribution in [2.45, 2.75) is 74.1 Å². The summed E-state index contributed by atoms with van der Waals surface area (Å²) in [5.41, 5.74) is 0.0803. The third-order valence-electron chi connectivity index (χ3n) is 8.40. The molecule has 0 radical (unpaired) electrons. The zero-order valence-corrected chi connectivity index (χ0v) is 21.0. The SMILES string of the molecule is CN1CC[C@]23c4c5ccc(CO)c4O[C@H]2C(OC(=O)C[C@H](OC(=O)C[C@H](O)C(=O)O)C(=O)O)=CC[C@@]3(O)[C@H]1C5. The molecule has 1 aromatic carbocycles. The normalized spacial score (nSPS) is 29.8. The summed E-state index contributed by atoms with van der Waals surface area (Å²) >= 11 is 0. The van der Waals surface area contributed by atoms with Crippen LogP contribution in [0.2, 0.25) is 0 Å². The van der Waals surface area contributed by atoms with Gasteiger partial charge in [0.2, 0.25) is 6.10 Å². The number of piperidine rings is 1. The molecule has 0 unspecified atom stereocenters. The molecule has 4 aliphatic rings. The molecule has 13 nitrogen and oxygen atoms in total. The van der Waals surface area contributed by atoms with Crippen LogP contribution in [0.1, 0.15) is 42.4 Å². The number of carboxylic acids is 2. The molecule has 1 spiro atoms. The van der Waals surface area contributed by atoms with Crippen LogP contribution in [-0.2, 0) is 47.1 Å². The van der Waals surface area contributed by atoms with Gasteiger partial charge in [0.1, 0.15) is 11.5 Å². The van der Waals surface area contributed by atoms with Crippen molar-refractivity contribution in [3.63, 3.8) is 0 Å². The van der Waals surface area contributed by atoms with Crippen molar-refractivity contribution in [3.05, 3.63) is 40.7 Å². The molecule has 210 valence electrons. The summed E-state index contributed by atoms with van der Waals surface area (Å²) in [6.45, 7) is 0.337. The molecule has 1 saturated heterocycles. The van der Waals surface area contributed by atoms with E-state index in [1.807, 2.05) is 13.1 Å². The summed E-state index contributed by atoms with van der Waals surface area (Å²) in [7, 11) is 1.94. The van der Waals surface area contributed by atoms with Gasteiger partial charge in [-0.05, 0) is 38.1 Å². The molecule has 2 heterocycles. The Kier molecular flexibility index (Phi) is 6.66. The molecule has 6 atom stereocenters. The van der Waals surface area contributed by atoms with Crippen molar-refractivity contribution in [1.82, 2.24) is 4.90 Å². The lowest BCUT2D eigenvalue weighted by molar-refractivity contribution is -0.174.